The maximum atomic E-state index is 13.2. The summed E-state index contributed by atoms with van der Waals surface area (Å²) >= 11 is 0. The van der Waals surface area contributed by atoms with Crippen molar-refractivity contribution < 1.29 is 9.53 Å². The van der Waals surface area contributed by atoms with Gasteiger partial charge in [-0.3, -0.25) is 14.7 Å². The van der Waals surface area contributed by atoms with Gasteiger partial charge in [0.15, 0.2) is 0 Å². The largest absolute Gasteiger partial charge is 0.494 e. The van der Waals surface area contributed by atoms with Crippen molar-refractivity contribution in [2.24, 2.45) is 0 Å². The zero-order chi connectivity index (χ0) is 26.3. The molecule has 1 fully saturated rings. The zero-order valence-corrected chi connectivity index (χ0v) is 22.2. The van der Waals surface area contributed by atoms with Crippen LogP contribution < -0.4 is 15.0 Å². The van der Waals surface area contributed by atoms with Crippen LogP contribution in [-0.2, 0) is 0 Å². The fourth-order valence-corrected chi connectivity index (χ4v) is 5.00. The number of fused-ring (bicyclic) bond motifs is 1. The molecule has 38 heavy (non-hydrogen) atoms. The Labute approximate surface area is 224 Å². The number of hydrogen-bond acceptors (Lipinski definition) is 6. The summed E-state index contributed by atoms with van der Waals surface area (Å²) in [4.78, 5) is 27.2. The minimum atomic E-state index is -0.133. The van der Waals surface area contributed by atoms with E-state index in [4.69, 9.17) is 9.72 Å². The molecule has 0 atom stereocenters. The number of carbonyl (C=O) groups is 1. The molecule has 4 aromatic rings. The zero-order valence-electron chi connectivity index (χ0n) is 22.2. The number of amides is 1. The fraction of sp³-hybridized carbons (Fsp3) is 0.323. The second-order valence-corrected chi connectivity index (χ2v) is 9.63. The van der Waals surface area contributed by atoms with E-state index in [2.05, 4.69) is 33.1 Å². The number of carbonyl (C=O) groups excluding carboxylic acids is 1. The smallest absolute Gasteiger partial charge is 0.270 e. The molecule has 7 nitrogen and oxygen atoms in total. The predicted molar refractivity (Wildman–Crippen MR) is 153 cm³/mol. The lowest BCUT2D eigenvalue weighted by Crippen LogP contribution is -2.47. The summed E-state index contributed by atoms with van der Waals surface area (Å²) in [5.41, 5.74) is 4.69. The van der Waals surface area contributed by atoms with Crippen molar-refractivity contribution in [2.75, 3.05) is 50.8 Å². The number of nitrogens with one attached hydrogen (secondary N) is 1. The summed E-state index contributed by atoms with van der Waals surface area (Å²) in [6.45, 7) is 10.3. The van der Waals surface area contributed by atoms with Crippen LogP contribution in [0.25, 0.3) is 22.0 Å². The van der Waals surface area contributed by atoms with Gasteiger partial charge in [-0.05, 0) is 74.2 Å². The van der Waals surface area contributed by atoms with E-state index in [-0.39, 0.29) is 5.91 Å². The summed E-state index contributed by atoms with van der Waals surface area (Å²) in [6, 6.07) is 19.9. The van der Waals surface area contributed by atoms with E-state index in [0.29, 0.717) is 18.8 Å². The molecule has 5 rings (SSSR count). The van der Waals surface area contributed by atoms with Crippen molar-refractivity contribution in [1.82, 2.24) is 20.2 Å². The maximum Gasteiger partial charge on any atom is 0.270 e. The van der Waals surface area contributed by atoms with Gasteiger partial charge >= 0.3 is 0 Å². The van der Waals surface area contributed by atoms with Crippen molar-refractivity contribution >= 4 is 22.4 Å². The molecule has 1 amide bonds. The topological polar surface area (TPSA) is 70.6 Å². The highest BCUT2D eigenvalue weighted by Gasteiger charge is 2.19. The Bertz CT molecular complexity index is 1380. The lowest BCUT2D eigenvalue weighted by molar-refractivity contribution is 0.0948. The summed E-state index contributed by atoms with van der Waals surface area (Å²) in [7, 11) is 0. The number of benzene rings is 2. The number of piperazine rings is 1. The Balaban J connectivity index is 1.18. The molecule has 3 heterocycles. The normalized spacial score (nSPS) is 14.0. The number of aromatic nitrogens is 2. The highest BCUT2D eigenvalue weighted by atomic mass is 16.5. The van der Waals surface area contributed by atoms with Gasteiger partial charge in [-0.25, -0.2) is 4.98 Å². The molecule has 0 bridgehead atoms. The lowest BCUT2D eigenvalue weighted by Gasteiger charge is -2.36. The third-order valence-electron chi connectivity index (χ3n) is 7.08. The number of aryl methyl sites for hydroxylation is 1. The van der Waals surface area contributed by atoms with E-state index in [1.807, 2.05) is 73.9 Å². The highest BCUT2D eigenvalue weighted by Crippen LogP contribution is 2.26. The summed E-state index contributed by atoms with van der Waals surface area (Å²) in [6.07, 6.45) is 4.70. The van der Waals surface area contributed by atoms with Crippen molar-refractivity contribution in [2.45, 2.75) is 20.3 Å². The van der Waals surface area contributed by atoms with Crippen LogP contribution in [0.5, 0.6) is 5.75 Å². The number of nitrogens with zero attached hydrogens (tertiary/aromatic N) is 4. The van der Waals surface area contributed by atoms with Gasteiger partial charge in [-0.15, -0.1) is 0 Å². The molecule has 0 aliphatic carbocycles. The van der Waals surface area contributed by atoms with E-state index in [9.17, 15) is 4.79 Å². The maximum absolute atomic E-state index is 13.2. The van der Waals surface area contributed by atoms with Gasteiger partial charge in [0.25, 0.3) is 5.91 Å². The van der Waals surface area contributed by atoms with Crippen LogP contribution in [0, 0.1) is 6.92 Å². The minimum absolute atomic E-state index is 0.133. The van der Waals surface area contributed by atoms with Crippen molar-refractivity contribution in [3.8, 4) is 17.0 Å². The molecule has 0 spiro atoms. The Kier molecular flexibility index (Phi) is 8.14. The molecule has 196 valence electrons. The van der Waals surface area contributed by atoms with Gasteiger partial charge in [0.1, 0.15) is 11.4 Å². The summed E-state index contributed by atoms with van der Waals surface area (Å²) in [5.74, 6) is 0.689. The molecular weight excluding hydrogens is 474 g/mol. The third kappa shape index (κ3) is 5.94. The molecule has 0 radical (unpaired) electrons. The number of anilines is 1. The number of hydrogen-bond donors (Lipinski definition) is 1. The standard InChI is InChI=1S/C31H35N5O2/c1-3-38-26-11-9-24(10-12-26)28-21-25-7-4-5-8-27(25)30(34-28)31(37)33-14-6-16-35-17-19-36(20-18-35)29-22-32-15-13-23(29)2/h4-5,7-13,15,21-22H,3,6,14,16-20H2,1-2H3,(H,33,37). The fourth-order valence-electron chi connectivity index (χ4n) is 5.00. The molecule has 1 saturated heterocycles. The highest BCUT2D eigenvalue weighted by molar-refractivity contribution is 6.06. The van der Waals surface area contributed by atoms with Crippen LogP contribution in [0.15, 0.2) is 73.1 Å². The summed E-state index contributed by atoms with van der Waals surface area (Å²) in [5, 5.41) is 4.97. The Morgan fingerprint density at radius 2 is 1.82 bits per heavy atom. The van der Waals surface area contributed by atoms with Crippen LogP contribution in [0.4, 0.5) is 5.69 Å². The van der Waals surface area contributed by atoms with Crippen molar-refractivity contribution in [3.63, 3.8) is 0 Å². The van der Waals surface area contributed by atoms with Gasteiger partial charge in [-0.2, -0.15) is 0 Å². The molecule has 1 aliphatic heterocycles. The lowest BCUT2D eigenvalue weighted by atomic mass is 10.0. The molecule has 2 aromatic heterocycles. The number of pyridine rings is 2. The van der Waals surface area contributed by atoms with Gasteiger partial charge in [-0.1, -0.05) is 24.3 Å². The van der Waals surface area contributed by atoms with Crippen molar-refractivity contribution in [3.05, 3.63) is 84.3 Å². The van der Waals surface area contributed by atoms with E-state index in [1.165, 1.54) is 11.3 Å². The first kappa shape index (κ1) is 25.7. The monoisotopic (exact) mass is 509 g/mol. The van der Waals surface area contributed by atoms with Crippen LogP contribution >= 0.6 is 0 Å². The molecule has 7 heteroatoms. The van der Waals surface area contributed by atoms with E-state index in [0.717, 1.165) is 66.9 Å². The molecule has 0 unspecified atom stereocenters. The molecule has 2 aromatic carbocycles. The first-order valence-corrected chi connectivity index (χ1v) is 13.4. The molecular formula is C31H35N5O2. The van der Waals surface area contributed by atoms with Crippen LogP contribution in [-0.4, -0.2) is 66.7 Å². The Hall–Kier alpha value is -3.97. The second kappa shape index (κ2) is 12.0. The molecule has 1 N–H and O–H groups in total. The quantitative estimate of drug-likeness (QED) is 0.322. The van der Waals surface area contributed by atoms with E-state index >= 15 is 0 Å². The van der Waals surface area contributed by atoms with Gasteiger partial charge < -0.3 is 15.0 Å². The summed E-state index contributed by atoms with van der Waals surface area (Å²) < 4.78 is 5.56. The van der Waals surface area contributed by atoms with Gasteiger partial charge in [0.05, 0.1) is 24.2 Å². The van der Waals surface area contributed by atoms with Crippen LogP contribution in [0.1, 0.15) is 29.4 Å². The SMILES string of the molecule is CCOc1ccc(-c2cc3ccccc3c(C(=O)NCCCN3CCN(c4cnccc4C)CC3)n2)cc1. The Morgan fingerprint density at radius 1 is 1.03 bits per heavy atom. The Morgan fingerprint density at radius 3 is 2.58 bits per heavy atom. The number of rotatable bonds is 9. The van der Waals surface area contributed by atoms with Crippen molar-refractivity contribution in [1.29, 1.82) is 0 Å². The van der Waals surface area contributed by atoms with E-state index in [1.54, 1.807) is 0 Å². The third-order valence-corrected chi connectivity index (χ3v) is 7.08. The predicted octanol–water partition coefficient (Wildman–Crippen LogP) is 4.95. The molecule has 1 aliphatic rings. The average molecular weight is 510 g/mol. The first-order valence-electron chi connectivity index (χ1n) is 13.4. The first-order chi connectivity index (χ1) is 18.6. The minimum Gasteiger partial charge on any atom is -0.494 e. The van der Waals surface area contributed by atoms with Crippen LogP contribution in [0.3, 0.4) is 0 Å². The second-order valence-electron chi connectivity index (χ2n) is 9.63. The molecule has 0 saturated carbocycles. The van der Waals surface area contributed by atoms with Gasteiger partial charge in [0, 0.05) is 49.9 Å². The number of ether oxygens (including phenoxy) is 1. The average Bonchev–Trinajstić information content (AvgIpc) is 2.96. The van der Waals surface area contributed by atoms with Crippen LogP contribution in [0.2, 0.25) is 0 Å². The van der Waals surface area contributed by atoms with E-state index < -0.39 is 0 Å². The van der Waals surface area contributed by atoms with Gasteiger partial charge in [0.2, 0.25) is 0 Å².